The number of pyridine rings is 1. The Hall–Kier alpha value is -1.96. The van der Waals surface area contributed by atoms with Crippen molar-refractivity contribution < 1.29 is 4.74 Å². The molecule has 4 nitrogen and oxygen atoms in total. The molecule has 0 saturated carbocycles. The minimum Gasteiger partial charge on any atom is -0.383 e. The SMILES string of the molecule is COCCN(CCC#N)Cc1ccc2ccccc2n1. The number of hydrogen-bond donors (Lipinski definition) is 0. The maximum atomic E-state index is 8.72. The summed E-state index contributed by atoms with van der Waals surface area (Å²) in [6, 6.07) is 14.4. The van der Waals surface area contributed by atoms with E-state index in [9.17, 15) is 0 Å². The highest BCUT2D eigenvalue weighted by atomic mass is 16.5. The fraction of sp³-hybridized carbons (Fsp3) is 0.375. The summed E-state index contributed by atoms with van der Waals surface area (Å²) in [6.07, 6.45) is 0.525. The maximum Gasteiger partial charge on any atom is 0.0705 e. The molecule has 0 aliphatic heterocycles. The molecule has 1 aromatic heterocycles. The lowest BCUT2D eigenvalue weighted by atomic mass is 10.2. The first-order valence-corrected chi connectivity index (χ1v) is 6.76. The first kappa shape index (κ1) is 14.4. The summed E-state index contributed by atoms with van der Waals surface area (Å²) < 4.78 is 5.12. The molecule has 0 radical (unpaired) electrons. The van der Waals surface area contributed by atoms with Gasteiger partial charge in [-0.2, -0.15) is 5.26 Å². The molecule has 1 heterocycles. The van der Waals surface area contributed by atoms with Crippen molar-refractivity contribution in [2.75, 3.05) is 26.8 Å². The van der Waals surface area contributed by atoms with Gasteiger partial charge in [0.2, 0.25) is 0 Å². The Morgan fingerprint density at radius 2 is 2.05 bits per heavy atom. The zero-order chi connectivity index (χ0) is 14.2. The third kappa shape index (κ3) is 4.02. The Balaban J connectivity index is 2.08. The Kier molecular flexibility index (Phi) is 5.48. The minimum absolute atomic E-state index is 0.525. The van der Waals surface area contributed by atoms with Crippen LogP contribution in [-0.4, -0.2) is 36.7 Å². The van der Waals surface area contributed by atoms with Crippen LogP contribution >= 0.6 is 0 Å². The van der Waals surface area contributed by atoms with Gasteiger partial charge in [-0.15, -0.1) is 0 Å². The predicted octanol–water partition coefficient (Wildman–Crippen LogP) is 2.60. The summed E-state index contributed by atoms with van der Waals surface area (Å²) >= 11 is 0. The lowest BCUT2D eigenvalue weighted by Gasteiger charge is -2.20. The second kappa shape index (κ2) is 7.59. The predicted molar refractivity (Wildman–Crippen MR) is 79.1 cm³/mol. The standard InChI is InChI=1S/C16H19N3O/c1-20-12-11-19(10-4-9-17)13-15-8-7-14-5-2-3-6-16(14)18-15/h2-3,5-8H,4,10-13H2,1H3. The van der Waals surface area contributed by atoms with E-state index in [2.05, 4.69) is 34.2 Å². The number of fused-ring (bicyclic) bond motifs is 1. The average molecular weight is 269 g/mol. The number of hydrogen-bond acceptors (Lipinski definition) is 4. The Bertz CT molecular complexity index is 592. The van der Waals surface area contributed by atoms with Crippen LogP contribution in [0.1, 0.15) is 12.1 Å². The van der Waals surface area contributed by atoms with E-state index >= 15 is 0 Å². The maximum absolute atomic E-state index is 8.72. The van der Waals surface area contributed by atoms with Crippen molar-refractivity contribution in [1.82, 2.24) is 9.88 Å². The van der Waals surface area contributed by atoms with E-state index < -0.39 is 0 Å². The summed E-state index contributed by atoms with van der Waals surface area (Å²) in [5.74, 6) is 0. The minimum atomic E-state index is 0.525. The van der Waals surface area contributed by atoms with Gasteiger partial charge < -0.3 is 4.74 Å². The Morgan fingerprint density at radius 3 is 2.85 bits per heavy atom. The van der Waals surface area contributed by atoms with Gasteiger partial charge in [0, 0.05) is 38.6 Å². The topological polar surface area (TPSA) is 49.1 Å². The summed E-state index contributed by atoms with van der Waals surface area (Å²) in [7, 11) is 1.69. The van der Waals surface area contributed by atoms with E-state index in [1.54, 1.807) is 7.11 Å². The smallest absolute Gasteiger partial charge is 0.0705 e. The van der Waals surface area contributed by atoms with Crippen LogP contribution in [0.4, 0.5) is 0 Å². The molecule has 0 unspecified atom stereocenters. The van der Waals surface area contributed by atoms with Gasteiger partial charge in [0.05, 0.1) is 23.9 Å². The first-order chi connectivity index (χ1) is 9.83. The number of rotatable bonds is 7. The van der Waals surface area contributed by atoms with Crippen LogP contribution in [0.25, 0.3) is 10.9 Å². The molecule has 2 aromatic rings. The lowest BCUT2D eigenvalue weighted by molar-refractivity contribution is 0.144. The number of nitriles is 1. The molecule has 0 amide bonds. The normalized spacial score (nSPS) is 10.8. The van der Waals surface area contributed by atoms with Gasteiger partial charge in [-0.25, -0.2) is 0 Å². The number of para-hydroxylation sites is 1. The van der Waals surface area contributed by atoms with E-state index in [0.717, 1.165) is 36.2 Å². The van der Waals surface area contributed by atoms with Crippen molar-refractivity contribution in [2.45, 2.75) is 13.0 Å². The first-order valence-electron chi connectivity index (χ1n) is 6.76. The zero-order valence-electron chi connectivity index (χ0n) is 11.7. The number of ether oxygens (including phenoxy) is 1. The van der Waals surface area contributed by atoms with Gasteiger partial charge in [0.25, 0.3) is 0 Å². The van der Waals surface area contributed by atoms with Crippen LogP contribution in [0.2, 0.25) is 0 Å². The monoisotopic (exact) mass is 269 g/mol. The summed E-state index contributed by atoms with van der Waals surface area (Å²) in [5.41, 5.74) is 2.04. The second-order valence-corrected chi connectivity index (χ2v) is 4.67. The highest BCUT2D eigenvalue weighted by molar-refractivity contribution is 5.78. The number of methoxy groups -OCH3 is 1. The Labute approximate surface area is 119 Å². The van der Waals surface area contributed by atoms with E-state index in [-0.39, 0.29) is 0 Å². The molecule has 4 heteroatoms. The quantitative estimate of drug-likeness (QED) is 0.775. The van der Waals surface area contributed by atoms with Gasteiger partial charge in [-0.1, -0.05) is 24.3 Å². The van der Waals surface area contributed by atoms with Gasteiger partial charge in [0.15, 0.2) is 0 Å². The lowest BCUT2D eigenvalue weighted by Crippen LogP contribution is -2.28. The highest BCUT2D eigenvalue weighted by Gasteiger charge is 2.07. The van der Waals surface area contributed by atoms with E-state index in [4.69, 9.17) is 10.00 Å². The van der Waals surface area contributed by atoms with Crippen LogP contribution in [0.5, 0.6) is 0 Å². The van der Waals surface area contributed by atoms with E-state index in [1.807, 2.05) is 18.2 Å². The van der Waals surface area contributed by atoms with Gasteiger partial charge in [-0.3, -0.25) is 9.88 Å². The third-order valence-corrected chi connectivity index (χ3v) is 3.19. The fourth-order valence-corrected chi connectivity index (χ4v) is 2.12. The molecule has 0 atom stereocenters. The molecule has 1 aromatic carbocycles. The highest BCUT2D eigenvalue weighted by Crippen LogP contribution is 2.13. The van der Waals surface area contributed by atoms with Crippen molar-refractivity contribution in [3.8, 4) is 6.07 Å². The van der Waals surface area contributed by atoms with Gasteiger partial charge in [-0.05, 0) is 12.1 Å². The molecular formula is C16H19N3O. The van der Waals surface area contributed by atoms with Crippen LogP contribution < -0.4 is 0 Å². The molecule has 20 heavy (non-hydrogen) atoms. The molecule has 104 valence electrons. The van der Waals surface area contributed by atoms with Crippen LogP contribution in [0.3, 0.4) is 0 Å². The summed E-state index contributed by atoms with van der Waals surface area (Å²) in [4.78, 5) is 6.86. The molecule has 0 bridgehead atoms. The molecule has 0 fully saturated rings. The molecule has 0 saturated heterocycles. The molecular weight excluding hydrogens is 250 g/mol. The fourth-order valence-electron chi connectivity index (χ4n) is 2.12. The molecule has 0 spiro atoms. The third-order valence-electron chi connectivity index (χ3n) is 3.19. The molecule has 0 N–H and O–H groups in total. The van der Waals surface area contributed by atoms with E-state index in [1.165, 1.54) is 0 Å². The average Bonchev–Trinajstić information content (AvgIpc) is 2.50. The summed E-state index contributed by atoms with van der Waals surface area (Å²) in [6.45, 7) is 2.97. The van der Waals surface area contributed by atoms with Crippen LogP contribution in [0.15, 0.2) is 36.4 Å². The van der Waals surface area contributed by atoms with Crippen molar-refractivity contribution in [3.63, 3.8) is 0 Å². The van der Waals surface area contributed by atoms with E-state index in [0.29, 0.717) is 13.0 Å². The van der Waals surface area contributed by atoms with Gasteiger partial charge in [0.1, 0.15) is 0 Å². The second-order valence-electron chi connectivity index (χ2n) is 4.67. The van der Waals surface area contributed by atoms with Crippen LogP contribution in [0, 0.1) is 11.3 Å². The number of nitrogens with zero attached hydrogens (tertiary/aromatic N) is 3. The van der Waals surface area contributed by atoms with Crippen LogP contribution in [-0.2, 0) is 11.3 Å². The zero-order valence-corrected chi connectivity index (χ0v) is 11.7. The van der Waals surface area contributed by atoms with Crippen molar-refractivity contribution >= 4 is 10.9 Å². The van der Waals surface area contributed by atoms with Crippen molar-refractivity contribution in [2.24, 2.45) is 0 Å². The van der Waals surface area contributed by atoms with Gasteiger partial charge >= 0.3 is 0 Å². The number of benzene rings is 1. The van der Waals surface area contributed by atoms with Crippen molar-refractivity contribution in [1.29, 1.82) is 5.26 Å². The largest absolute Gasteiger partial charge is 0.383 e. The molecule has 0 aliphatic carbocycles. The molecule has 0 aliphatic rings. The number of aromatic nitrogens is 1. The summed E-state index contributed by atoms with van der Waals surface area (Å²) in [5, 5.41) is 9.87. The Morgan fingerprint density at radius 1 is 1.20 bits per heavy atom. The molecule has 2 rings (SSSR count). The van der Waals surface area contributed by atoms with Crippen molar-refractivity contribution in [3.05, 3.63) is 42.1 Å².